The van der Waals surface area contributed by atoms with Gasteiger partial charge in [0, 0.05) is 35.5 Å². The van der Waals surface area contributed by atoms with Crippen molar-refractivity contribution in [3.05, 3.63) is 88.4 Å². The van der Waals surface area contributed by atoms with Crippen LogP contribution < -0.4 is 10.5 Å². The molecule has 0 bridgehead atoms. The maximum absolute atomic E-state index is 11.9. The SMILES string of the molecule is CCC(c1cnc(C)nc1)c1ccc(-c2cc(Oc3nccs3)cc(C(N)=O)c2)c(C#N)c1. The van der Waals surface area contributed by atoms with Crippen molar-refractivity contribution in [3.63, 3.8) is 0 Å². The van der Waals surface area contributed by atoms with E-state index in [1.165, 1.54) is 11.3 Å². The lowest BCUT2D eigenvalue weighted by Crippen LogP contribution is -2.11. The van der Waals surface area contributed by atoms with Gasteiger partial charge in [-0.05, 0) is 59.9 Å². The second-order valence-electron chi connectivity index (χ2n) is 7.45. The second-order valence-corrected chi connectivity index (χ2v) is 8.31. The summed E-state index contributed by atoms with van der Waals surface area (Å²) >= 11 is 1.34. The first-order chi connectivity index (χ1) is 16.0. The average Bonchev–Trinajstić information content (AvgIpc) is 3.33. The van der Waals surface area contributed by atoms with Crippen molar-refractivity contribution < 1.29 is 9.53 Å². The van der Waals surface area contributed by atoms with Gasteiger partial charge in [0.05, 0.1) is 11.6 Å². The summed E-state index contributed by atoms with van der Waals surface area (Å²) in [4.78, 5) is 24.7. The van der Waals surface area contributed by atoms with Gasteiger partial charge in [-0.1, -0.05) is 30.4 Å². The van der Waals surface area contributed by atoms with Crippen LogP contribution in [0.4, 0.5) is 0 Å². The van der Waals surface area contributed by atoms with Gasteiger partial charge in [0.25, 0.3) is 5.19 Å². The number of carbonyl (C=O) groups excluding carboxylic acids is 1. The number of rotatable bonds is 7. The van der Waals surface area contributed by atoms with Crippen LogP contribution in [-0.4, -0.2) is 20.9 Å². The lowest BCUT2D eigenvalue weighted by atomic mass is 9.87. The van der Waals surface area contributed by atoms with E-state index in [-0.39, 0.29) is 11.5 Å². The zero-order valence-electron chi connectivity index (χ0n) is 18.1. The van der Waals surface area contributed by atoms with E-state index in [0.29, 0.717) is 33.5 Å². The number of ether oxygens (including phenoxy) is 1. The number of hydrogen-bond acceptors (Lipinski definition) is 7. The molecule has 164 valence electrons. The molecular weight excluding hydrogens is 434 g/mol. The third kappa shape index (κ3) is 4.89. The van der Waals surface area contributed by atoms with Crippen LogP contribution in [0.3, 0.4) is 0 Å². The van der Waals surface area contributed by atoms with Gasteiger partial charge in [-0.3, -0.25) is 4.79 Å². The monoisotopic (exact) mass is 455 g/mol. The maximum Gasteiger partial charge on any atom is 0.278 e. The van der Waals surface area contributed by atoms with E-state index in [0.717, 1.165) is 17.5 Å². The standard InChI is InChI=1S/C25H21N5O2S/c1-3-22(20-13-29-15(2)30-14-20)16-4-5-23(19(8-16)12-26)17-9-18(24(27)31)11-21(10-17)32-25-28-6-7-33-25/h4-11,13-14,22H,3H2,1-2H3,(H2,27,31). The first-order valence-corrected chi connectivity index (χ1v) is 11.2. The fourth-order valence-corrected chi connectivity index (χ4v) is 4.19. The molecule has 2 aromatic heterocycles. The maximum atomic E-state index is 11.9. The van der Waals surface area contributed by atoms with Gasteiger partial charge in [-0.2, -0.15) is 5.26 Å². The quantitative estimate of drug-likeness (QED) is 0.409. The summed E-state index contributed by atoms with van der Waals surface area (Å²) < 4.78 is 5.79. The number of hydrogen-bond donors (Lipinski definition) is 1. The number of benzene rings is 2. The number of thiazole rings is 1. The van der Waals surface area contributed by atoms with Crippen LogP contribution in [-0.2, 0) is 0 Å². The second kappa shape index (κ2) is 9.59. The molecule has 0 saturated carbocycles. The molecule has 0 aliphatic carbocycles. The first-order valence-electron chi connectivity index (χ1n) is 10.3. The predicted molar refractivity (Wildman–Crippen MR) is 126 cm³/mol. The van der Waals surface area contributed by atoms with Gasteiger partial charge >= 0.3 is 0 Å². The molecule has 2 N–H and O–H groups in total. The highest BCUT2D eigenvalue weighted by Gasteiger charge is 2.17. The average molecular weight is 456 g/mol. The molecule has 0 fully saturated rings. The minimum atomic E-state index is -0.582. The Balaban J connectivity index is 1.76. The Hall–Kier alpha value is -4.09. The number of aromatic nitrogens is 3. The minimum Gasteiger partial charge on any atom is -0.431 e. The van der Waals surface area contributed by atoms with Crippen LogP contribution in [0, 0.1) is 18.3 Å². The van der Waals surface area contributed by atoms with Crippen molar-refractivity contribution in [1.29, 1.82) is 5.26 Å². The van der Waals surface area contributed by atoms with E-state index < -0.39 is 5.91 Å². The summed E-state index contributed by atoms with van der Waals surface area (Å²) in [5.41, 5.74) is 9.65. The Bertz CT molecular complexity index is 1330. The molecule has 0 aliphatic rings. The molecule has 1 amide bonds. The molecule has 1 atom stereocenters. The van der Waals surface area contributed by atoms with Crippen LogP contribution in [0.15, 0.2) is 60.4 Å². The molecule has 7 nitrogen and oxygen atoms in total. The smallest absolute Gasteiger partial charge is 0.278 e. The van der Waals surface area contributed by atoms with E-state index in [2.05, 4.69) is 27.9 Å². The number of carbonyl (C=O) groups is 1. The number of amides is 1. The number of nitrogens with two attached hydrogens (primary N) is 1. The van der Waals surface area contributed by atoms with Crippen LogP contribution in [0.5, 0.6) is 10.9 Å². The first kappa shape index (κ1) is 22.1. The summed E-state index contributed by atoms with van der Waals surface area (Å²) in [6.07, 6.45) is 6.12. The molecule has 0 radical (unpaired) electrons. The van der Waals surface area contributed by atoms with Gasteiger partial charge in [-0.25, -0.2) is 15.0 Å². The topological polar surface area (TPSA) is 115 Å². The Labute approximate surface area is 195 Å². The lowest BCUT2D eigenvalue weighted by molar-refractivity contribution is 0.1000. The molecule has 0 spiro atoms. The van der Waals surface area contributed by atoms with Crippen molar-refractivity contribution >= 4 is 17.2 Å². The molecule has 2 heterocycles. The Morgan fingerprint density at radius 3 is 2.58 bits per heavy atom. The zero-order chi connectivity index (χ0) is 23.4. The van der Waals surface area contributed by atoms with Crippen LogP contribution in [0.25, 0.3) is 11.1 Å². The van der Waals surface area contributed by atoms with Crippen molar-refractivity contribution in [1.82, 2.24) is 15.0 Å². The number of aryl methyl sites for hydroxylation is 1. The van der Waals surface area contributed by atoms with Crippen molar-refractivity contribution in [2.75, 3.05) is 0 Å². The molecule has 0 saturated heterocycles. The molecular formula is C25H21N5O2S. The highest BCUT2D eigenvalue weighted by Crippen LogP contribution is 2.34. The Morgan fingerprint density at radius 2 is 1.94 bits per heavy atom. The molecule has 33 heavy (non-hydrogen) atoms. The molecule has 8 heteroatoms. The molecule has 0 aliphatic heterocycles. The minimum absolute atomic E-state index is 0.0625. The number of nitrogens with zero attached hydrogens (tertiary/aromatic N) is 4. The number of primary amides is 1. The third-order valence-corrected chi connectivity index (χ3v) is 5.94. The summed E-state index contributed by atoms with van der Waals surface area (Å²) in [6, 6.07) is 13.0. The lowest BCUT2D eigenvalue weighted by Gasteiger charge is -2.17. The molecule has 4 aromatic rings. The van der Waals surface area contributed by atoms with E-state index >= 15 is 0 Å². The van der Waals surface area contributed by atoms with Crippen molar-refractivity contribution in [3.8, 4) is 28.1 Å². The van der Waals surface area contributed by atoms with Crippen molar-refractivity contribution in [2.24, 2.45) is 5.73 Å². The largest absolute Gasteiger partial charge is 0.431 e. The summed E-state index contributed by atoms with van der Waals surface area (Å²) in [7, 11) is 0. The van der Waals surface area contributed by atoms with Crippen LogP contribution in [0.2, 0.25) is 0 Å². The van der Waals surface area contributed by atoms with E-state index in [9.17, 15) is 10.1 Å². The van der Waals surface area contributed by atoms with Crippen LogP contribution in [0.1, 0.15) is 52.1 Å². The summed E-state index contributed by atoms with van der Waals surface area (Å²) in [5.74, 6) is 0.619. The Morgan fingerprint density at radius 1 is 1.15 bits per heavy atom. The highest BCUT2D eigenvalue weighted by molar-refractivity contribution is 7.11. The highest BCUT2D eigenvalue weighted by atomic mass is 32.1. The van der Waals surface area contributed by atoms with Gasteiger partial charge in [0.1, 0.15) is 11.6 Å². The van der Waals surface area contributed by atoms with E-state index in [1.807, 2.05) is 37.5 Å². The third-order valence-electron chi connectivity index (χ3n) is 5.29. The fourth-order valence-electron chi connectivity index (χ4n) is 3.69. The van der Waals surface area contributed by atoms with Crippen molar-refractivity contribution in [2.45, 2.75) is 26.2 Å². The molecule has 1 unspecified atom stereocenters. The summed E-state index contributed by atoms with van der Waals surface area (Å²) in [6.45, 7) is 3.93. The van der Waals surface area contributed by atoms with Gasteiger partial charge < -0.3 is 10.5 Å². The van der Waals surface area contributed by atoms with Gasteiger partial charge in [0.2, 0.25) is 5.91 Å². The van der Waals surface area contributed by atoms with Gasteiger partial charge in [0.15, 0.2) is 0 Å². The van der Waals surface area contributed by atoms with E-state index in [4.69, 9.17) is 10.5 Å². The van der Waals surface area contributed by atoms with Gasteiger partial charge in [-0.15, -0.1) is 0 Å². The summed E-state index contributed by atoms with van der Waals surface area (Å²) in [5, 5.41) is 12.2. The van der Waals surface area contributed by atoms with E-state index in [1.54, 1.807) is 29.8 Å². The predicted octanol–water partition coefficient (Wildman–Crippen LogP) is 5.21. The molecule has 4 rings (SSSR count). The normalized spacial score (nSPS) is 11.5. The van der Waals surface area contributed by atoms with Crippen LogP contribution >= 0.6 is 11.3 Å². The Kier molecular flexibility index (Phi) is 6.43. The number of nitriles is 1. The molecule has 2 aromatic carbocycles. The zero-order valence-corrected chi connectivity index (χ0v) is 19.0. The fraction of sp³-hybridized carbons (Fsp3) is 0.160.